The van der Waals surface area contributed by atoms with Gasteiger partial charge in [-0.15, -0.1) is 0 Å². The molecular weight excluding hydrogens is 272 g/mol. The van der Waals surface area contributed by atoms with Crippen molar-refractivity contribution in [3.05, 3.63) is 48.3 Å². The van der Waals surface area contributed by atoms with E-state index in [9.17, 15) is 9.59 Å². The highest BCUT2D eigenvalue weighted by Gasteiger charge is 2.15. The number of carbonyl (C=O) groups is 2. The van der Waals surface area contributed by atoms with Crippen LogP contribution in [0.4, 0.5) is 0 Å². The van der Waals surface area contributed by atoms with Crippen LogP contribution in [0.3, 0.4) is 0 Å². The Morgan fingerprint density at radius 2 is 1.71 bits per heavy atom. The Labute approximate surface area is 122 Å². The number of furan rings is 2. The van der Waals surface area contributed by atoms with Crippen molar-refractivity contribution in [2.45, 2.75) is 25.8 Å². The molecule has 2 rings (SSSR count). The number of rotatable bonds is 7. The van der Waals surface area contributed by atoms with Crippen molar-refractivity contribution < 1.29 is 18.4 Å². The van der Waals surface area contributed by atoms with Crippen LogP contribution in [0.15, 0.2) is 45.6 Å². The number of amides is 2. The zero-order valence-electron chi connectivity index (χ0n) is 11.8. The second-order valence-corrected chi connectivity index (χ2v) is 4.58. The molecule has 0 fully saturated rings. The van der Waals surface area contributed by atoms with E-state index in [0.29, 0.717) is 13.0 Å². The lowest BCUT2D eigenvalue weighted by Crippen LogP contribution is -2.37. The highest BCUT2D eigenvalue weighted by molar-refractivity contribution is 5.92. The summed E-state index contributed by atoms with van der Waals surface area (Å²) in [6, 6.07) is 6.51. The fraction of sp³-hybridized carbons (Fsp3) is 0.333. The molecule has 0 aliphatic rings. The van der Waals surface area contributed by atoms with Gasteiger partial charge < -0.3 is 19.5 Å². The zero-order chi connectivity index (χ0) is 15.1. The van der Waals surface area contributed by atoms with Crippen LogP contribution in [0.25, 0.3) is 0 Å². The molecule has 0 bridgehead atoms. The Balaban J connectivity index is 1.75. The standard InChI is InChI=1S/C15H18N2O4/c1-2-11(17-15(19)13-6-4-10-21-13)7-8-16-14(18)12-5-3-9-20-12/h3-6,9-11H,2,7-8H2,1H3,(H,16,18)(H,17,19)/t11-/m0/s1. The molecule has 0 spiro atoms. The summed E-state index contributed by atoms with van der Waals surface area (Å²) in [6.07, 6.45) is 4.31. The molecule has 2 aromatic rings. The molecule has 21 heavy (non-hydrogen) atoms. The third kappa shape index (κ3) is 4.24. The predicted molar refractivity (Wildman–Crippen MR) is 75.9 cm³/mol. The molecule has 0 aliphatic carbocycles. The molecular formula is C15H18N2O4. The summed E-state index contributed by atoms with van der Waals surface area (Å²) in [6.45, 7) is 2.43. The van der Waals surface area contributed by atoms with E-state index in [1.807, 2.05) is 6.92 Å². The molecule has 2 N–H and O–H groups in total. The smallest absolute Gasteiger partial charge is 0.287 e. The Kier molecular flexibility index (Phi) is 5.20. The first-order valence-electron chi connectivity index (χ1n) is 6.86. The third-order valence-corrected chi connectivity index (χ3v) is 3.10. The minimum absolute atomic E-state index is 0.0282. The van der Waals surface area contributed by atoms with Gasteiger partial charge in [-0.2, -0.15) is 0 Å². The van der Waals surface area contributed by atoms with Crippen LogP contribution in [0.5, 0.6) is 0 Å². The first kappa shape index (κ1) is 14.9. The molecule has 0 unspecified atom stereocenters. The van der Waals surface area contributed by atoms with E-state index in [1.165, 1.54) is 12.5 Å². The van der Waals surface area contributed by atoms with Gasteiger partial charge in [0.2, 0.25) is 0 Å². The van der Waals surface area contributed by atoms with E-state index in [1.54, 1.807) is 24.3 Å². The van der Waals surface area contributed by atoms with Crippen molar-refractivity contribution in [2.75, 3.05) is 6.54 Å². The van der Waals surface area contributed by atoms with E-state index in [-0.39, 0.29) is 29.4 Å². The highest BCUT2D eigenvalue weighted by atomic mass is 16.3. The normalized spacial score (nSPS) is 11.9. The quantitative estimate of drug-likeness (QED) is 0.818. The second-order valence-electron chi connectivity index (χ2n) is 4.58. The maximum atomic E-state index is 11.9. The van der Waals surface area contributed by atoms with Gasteiger partial charge in [-0.25, -0.2) is 0 Å². The van der Waals surface area contributed by atoms with Crippen molar-refractivity contribution in [1.29, 1.82) is 0 Å². The maximum Gasteiger partial charge on any atom is 0.287 e. The van der Waals surface area contributed by atoms with Crippen LogP contribution in [0, 0.1) is 0 Å². The van der Waals surface area contributed by atoms with Crippen molar-refractivity contribution >= 4 is 11.8 Å². The molecule has 2 heterocycles. The molecule has 2 aromatic heterocycles. The van der Waals surface area contributed by atoms with Gasteiger partial charge in [0.15, 0.2) is 11.5 Å². The third-order valence-electron chi connectivity index (χ3n) is 3.10. The molecule has 0 saturated heterocycles. The maximum absolute atomic E-state index is 11.9. The first-order chi connectivity index (χ1) is 10.2. The monoisotopic (exact) mass is 290 g/mol. The first-order valence-corrected chi connectivity index (χ1v) is 6.86. The van der Waals surface area contributed by atoms with E-state index in [4.69, 9.17) is 8.83 Å². The number of hydrogen-bond acceptors (Lipinski definition) is 4. The molecule has 2 amide bonds. The molecule has 0 saturated carbocycles. The highest BCUT2D eigenvalue weighted by Crippen LogP contribution is 2.04. The molecule has 6 heteroatoms. The van der Waals surface area contributed by atoms with Crippen molar-refractivity contribution in [3.8, 4) is 0 Å². The Bertz CT molecular complexity index is 561. The Morgan fingerprint density at radius 1 is 1.10 bits per heavy atom. The topological polar surface area (TPSA) is 84.5 Å². The fourth-order valence-electron chi connectivity index (χ4n) is 1.90. The molecule has 6 nitrogen and oxygen atoms in total. The summed E-state index contributed by atoms with van der Waals surface area (Å²) >= 11 is 0. The minimum atomic E-state index is -0.257. The number of nitrogens with one attached hydrogen (secondary N) is 2. The summed E-state index contributed by atoms with van der Waals surface area (Å²) < 4.78 is 10.0. The predicted octanol–water partition coefficient (Wildman–Crippen LogP) is 2.20. The fourth-order valence-corrected chi connectivity index (χ4v) is 1.90. The number of carbonyl (C=O) groups excluding carboxylic acids is 2. The lowest BCUT2D eigenvalue weighted by atomic mass is 10.1. The molecule has 0 radical (unpaired) electrons. The van der Waals surface area contributed by atoms with E-state index in [0.717, 1.165) is 6.42 Å². The van der Waals surface area contributed by atoms with E-state index >= 15 is 0 Å². The summed E-state index contributed by atoms with van der Waals surface area (Å²) in [7, 11) is 0. The van der Waals surface area contributed by atoms with E-state index < -0.39 is 0 Å². The van der Waals surface area contributed by atoms with Crippen LogP contribution in [0.2, 0.25) is 0 Å². The van der Waals surface area contributed by atoms with Crippen LogP contribution in [-0.2, 0) is 0 Å². The van der Waals surface area contributed by atoms with Crippen LogP contribution in [-0.4, -0.2) is 24.4 Å². The van der Waals surface area contributed by atoms with Gasteiger partial charge in [-0.1, -0.05) is 6.92 Å². The summed E-state index contributed by atoms with van der Waals surface area (Å²) in [5.41, 5.74) is 0. The van der Waals surface area contributed by atoms with Crippen molar-refractivity contribution in [3.63, 3.8) is 0 Å². The zero-order valence-corrected chi connectivity index (χ0v) is 11.8. The summed E-state index contributed by atoms with van der Waals surface area (Å²) in [4.78, 5) is 23.5. The second kappa shape index (κ2) is 7.33. The molecule has 0 aliphatic heterocycles. The van der Waals surface area contributed by atoms with E-state index in [2.05, 4.69) is 10.6 Å². The van der Waals surface area contributed by atoms with Crippen LogP contribution < -0.4 is 10.6 Å². The minimum Gasteiger partial charge on any atom is -0.459 e. The van der Waals surface area contributed by atoms with Gasteiger partial charge in [0.1, 0.15) is 0 Å². The molecule has 1 atom stereocenters. The lowest BCUT2D eigenvalue weighted by molar-refractivity contribution is 0.0903. The van der Waals surface area contributed by atoms with Gasteiger partial charge in [0.05, 0.1) is 12.5 Å². The van der Waals surface area contributed by atoms with Gasteiger partial charge >= 0.3 is 0 Å². The number of hydrogen-bond donors (Lipinski definition) is 2. The SMILES string of the molecule is CC[C@@H](CCNC(=O)c1ccco1)NC(=O)c1ccco1. The molecule has 0 aromatic carbocycles. The van der Waals surface area contributed by atoms with Gasteiger partial charge in [0, 0.05) is 12.6 Å². The van der Waals surface area contributed by atoms with Crippen LogP contribution >= 0.6 is 0 Å². The van der Waals surface area contributed by atoms with Crippen LogP contribution in [0.1, 0.15) is 40.9 Å². The summed E-state index contributed by atoms with van der Waals surface area (Å²) in [5.74, 6) is 0.0622. The Morgan fingerprint density at radius 3 is 2.24 bits per heavy atom. The van der Waals surface area contributed by atoms with Gasteiger partial charge in [-0.05, 0) is 37.1 Å². The Hall–Kier alpha value is -2.50. The van der Waals surface area contributed by atoms with Gasteiger partial charge in [-0.3, -0.25) is 9.59 Å². The molecule has 112 valence electrons. The van der Waals surface area contributed by atoms with Gasteiger partial charge in [0.25, 0.3) is 11.8 Å². The lowest BCUT2D eigenvalue weighted by Gasteiger charge is -2.16. The summed E-state index contributed by atoms with van der Waals surface area (Å²) in [5, 5.41) is 5.62. The van der Waals surface area contributed by atoms with Crippen molar-refractivity contribution in [2.24, 2.45) is 0 Å². The average molecular weight is 290 g/mol. The van der Waals surface area contributed by atoms with Crippen molar-refractivity contribution in [1.82, 2.24) is 10.6 Å². The average Bonchev–Trinajstić information content (AvgIpc) is 3.18. The largest absolute Gasteiger partial charge is 0.459 e.